The predicted molar refractivity (Wildman–Crippen MR) is 27.4 cm³/mol. The normalized spacial score (nSPS) is 9.00. The summed E-state index contributed by atoms with van der Waals surface area (Å²) < 4.78 is 12.0. The minimum atomic E-state index is -0.736. The van der Waals surface area contributed by atoms with Gasteiger partial charge in [0.2, 0.25) is 5.95 Å². The molecule has 0 N–H and O–H groups in total. The highest BCUT2D eigenvalue weighted by Crippen LogP contribution is 1.88. The van der Waals surface area contributed by atoms with Gasteiger partial charge in [-0.1, -0.05) is 0 Å². The monoisotopic (exact) mass is 126 g/mol. The number of rotatable bonds is 1. The topological polar surface area (TPSA) is 42.9 Å². The fraction of sp³-hybridized carbons (Fsp3) is 0. The number of carbonyl (C=O) groups excluding carboxylic acids is 1. The Bertz CT molecular complexity index is 226. The number of aromatic nitrogens is 2. The molecule has 0 spiro atoms. The number of hydrogen-bond donors (Lipinski definition) is 0. The maximum atomic E-state index is 12.0. The molecule has 0 aromatic carbocycles. The van der Waals surface area contributed by atoms with Crippen LogP contribution >= 0.6 is 0 Å². The molecular formula is C5H3FN2O. The molecule has 46 valence electrons. The summed E-state index contributed by atoms with van der Waals surface area (Å²) in [5.41, 5.74) is 0.00926. The quantitative estimate of drug-likeness (QED) is 0.512. The summed E-state index contributed by atoms with van der Waals surface area (Å²) in [5.74, 6) is -0.736. The van der Waals surface area contributed by atoms with Crippen molar-refractivity contribution in [3.05, 3.63) is 24.0 Å². The Morgan fingerprint density at radius 3 is 2.78 bits per heavy atom. The molecule has 0 aliphatic rings. The van der Waals surface area contributed by atoms with Crippen LogP contribution in [0, 0.1) is 5.95 Å². The van der Waals surface area contributed by atoms with Crippen LogP contribution in [0.1, 0.15) is 10.5 Å². The lowest BCUT2D eigenvalue weighted by atomic mass is 10.5. The van der Waals surface area contributed by atoms with Gasteiger partial charge in [-0.2, -0.15) is 4.39 Å². The molecule has 4 heteroatoms. The lowest BCUT2D eigenvalue weighted by molar-refractivity contribution is 0.111. The molecular weight excluding hydrogens is 123 g/mol. The van der Waals surface area contributed by atoms with Crippen LogP contribution in [0.25, 0.3) is 0 Å². The van der Waals surface area contributed by atoms with Gasteiger partial charge in [-0.15, -0.1) is 0 Å². The van der Waals surface area contributed by atoms with E-state index in [1.54, 1.807) is 0 Å². The van der Waals surface area contributed by atoms with Crippen molar-refractivity contribution in [2.45, 2.75) is 0 Å². The van der Waals surface area contributed by atoms with Crippen LogP contribution in [0.3, 0.4) is 0 Å². The summed E-state index contributed by atoms with van der Waals surface area (Å²) >= 11 is 0. The Hall–Kier alpha value is -1.32. The summed E-state index contributed by atoms with van der Waals surface area (Å²) in [6.07, 6.45) is 2.57. The van der Waals surface area contributed by atoms with E-state index in [-0.39, 0.29) is 5.69 Å². The maximum absolute atomic E-state index is 12.0. The zero-order valence-corrected chi connectivity index (χ0v) is 4.41. The largest absolute Gasteiger partial charge is 0.296 e. The minimum Gasteiger partial charge on any atom is -0.296 e. The number of aldehydes is 1. The van der Waals surface area contributed by atoms with Gasteiger partial charge in [-0.3, -0.25) is 9.78 Å². The Morgan fingerprint density at radius 1 is 1.56 bits per heavy atom. The number of halogens is 1. The van der Waals surface area contributed by atoms with Crippen LogP contribution in [0.15, 0.2) is 12.4 Å². The molecule has 0 bridgehead atoms. The maximum Gasteiger partial charge on any atom is 0.231 e. The molecule has 9 heavy (non-hydrogen) atoms. The lowest BCUT2D eigenvalue weighted by Crippen LogP contribution is -1.90. The van der Waals surface area contributed by atoms with Crippen LogP contribution in [-0.4, -0.2) is 16.3 Å². The highest BCUT2D eigenvalue weighted by atomic mass is 19.1. The van der Waals surface area contributed by atoms with Crippen LogP contribution in [-0.2, 0) is 0 Å². The van der Waals surface area contributed by atoms with Crippen LogP contribution in [0.5, 0.6) is 0 Å². The zero-order chi connectivity index (χ0) is 6.69. The summed E-state index contributed by atoms with van der Waals surface area (Å²) in [6.45, 7) is 0. The minimum absolute atomic E-state index is 0.00926. The van der Waals surface area contributed by atoms with E-state index >= 15 is 0 Å². The third-order valence-electron chi connectivity index (χ3n) is 0.745. The predicted octanol–water partition coefficient (Wildman–Crippen LogP) is 0.428. The molecule has 1 heterocycles. The van der Waals surface area contributed by atoms with Crippen molar-refractivity contribution in [1.82, 2.24) is 9.97 Å². The molecule has 0 saturated carbocycles. The van der Waals surface area contributed by atoms with Gasteiger partial charge in [-0.05, 0) is 0 Å². The third-order valence-corrected chi connectivity index (χ3v) is 0.745. The third kappa shape index (κ3) is 1.28. The van der Waals surface area contributed by atoms with Crippen LogP contribution in [0.2, 0.25) is 0 Å². The Morgan fingerprint density at radius 2 is 2.33 bits per heavy atom. The van der Waals surface area contributed by atoms with Crippen molar-refractivity contribution in [1.29, 1.82) is 0 Å². The van der Waals surface area contributed by atoms with Crippen molar-refractivity contribution in [2.24, 2.45) is 0 Å². The molecule has 0 amide bonds. The standard InChI is InChI=1S/C5H3FN2O/c6-5-2-7-1-4(3-9)8-5/h1-3H. The first-order valence-electron chi connectivity index (χ1n) is 2.25. The van der Waals surface area contributed by atoms with Crippen molar-refractivity contribution in [3.8, 4) is 0 Å². The first-order chi connectivity index (χ1) is 4.33. The fourth-order valence-corrected chi connectivity index (χ4v) is 0.413. The van der Waals surface area contributed by atoms with E-state index in [1.165, 1.54) is 6.20 Å². The van der Waals surface area contributed by atoms with Gasteiger partial charge in [0.05, 0.1) is 12.4 Å². The average molecular weight is 126 g/mol. The second-order valence-corrected chi connectivity index (χ2v) is 1.38. The van der Waals surface area contributed by atoms with Crippen molar-refractivity contribution >= 4 is 6.29 Å². The molecule has 0 radical (unpaired) electrons. The van der Waals surface area contributed by atoms with Gasteiger partial charge in [0.1, 0.15) is 5.69 Å². The number of nitrogens with zero attached hydrogens (tertiary/aromatic N) is 2. The Balaban J connectivity index is 3.07. The summed E-state index contributed by atoms with van der Waals surface area (Å²) in [5, 5.41) is 0. The first kappa shape index (κ1) is 5.81. The van der Waals surface area contributed by atoms with Gasteiger partial charge in [0.25, 0.3) is 0 Å². The van der Waals surface area contributed by atoms with E-state index in [0.717, 1.165) is 6.20 Å². The molecule has 0 unspecified atom stereocenters. The lowest BCUT2D eigenvalue weighted by Gasteiger charge is -1.85. The van der Waals surface area contributed by atoms with E-state index < -0.39 is 5.95 Å². The van der Waals surface area contributed by atoms with E-state index in [0.29, 0.717) is 6.29 Å². The van der Waals surface area contributed by atoms with E-state index in [9.17, 15) is 9.18 Å². The second-order valence-electron chi connectivity index (χ2n) is 1.38. The molecule has 0 saturated heterocycles. The summed E-state index contributed by atoms with van der Waals surface area (Å²) in [7, 11) is 0. The molecule has 0 aliphatic heterocycles. The SMILES string of the molecule is O=Cc1cncc(F)n1. The molecule has 1 rings (SSSR count). The van der Waals surface area contributed by atoms with Gasteiger partial charge in [0, 0.05) is 0 Å². The Labute approximate surface area is 50.6 Å². The number of carbonyl (C=O) groups is 1. The van der Waals surface area contributed by atoms with E-state index in [4.69, 9.17) is 0 Å². The first-order valence-corrected chi connectivity index (χ1v) is 2.25. The van der Waals surface area contributed by atoms with Gasteiger partial charge < -0.3 is 0 Å². The van der Waals surface area contributed by atoms with Gasteiger partial charge in [-0.25, -0.2) is 4.98 Å². The molecule has 0 atom stereocenters. The van der Waals surface area contributed by atoms with Crippen LogP contribution in [0.4, 0.5) is 4.39 Å². The van der Waals surface area contributed by atoms with E-state index in [1.807, 2.05) is 0 Å². The average Bonchev–Trinajstić information content (AvgIpc) is 1.88. The second kappa shape index (κ2) is 2.30. The van der Waals surface area contributed by atoms with Crippen molar-refractivity contribution in [2.75, 3.05) is 0 Å². The fourth-order valence-electron chi connectivity index (χ4n) is 0.413. The summed E-state index contributed by atoms with van der Waals surface area (Å²) in [6, 6.07) is 0. The molecule has 0 fully saturated rings. The smallest absolute Gasteiger partial charge is 0.231 e. The van der Waals surface area contributed by atoms with Gasteiger partial charge in [0.15, 0.2) is 6.29 Å². The van der Waals surface area contributed by atoms with Crippen molar-refractivity contribution < 1.29 is 9.18 Å². The molecule has 1 aromatic rings. The molecule has 3 nitrogen and oxygen atoms in total. The molecule has 1 aromatic heterocycles. The summed E-state index contributed by atoms with van der Waals surface area (Å²) in [4.78, 5) is 16.5. The number of hydrogen-bond acceptors (Lipinski definition) is 3. The highest BCUT2D eigenvalue weighted by Gasteiger charge is 1.92. The van der Waals surface area contributed by atoms with Gasteiger partial charge >= 0.3 is 0 Å². The van der Waals surface area contributed by atoms with Crippen LogP contribution < -0.4 is 0 Å². The van der Waals surface area contributed by atoms with Crippen molar-refractivity contribution in [3.63, 3.8) is 0 Å². The van der Waals surface area contributed by atoms with E-state index in [2.05, 4.69) is 9.97 Å². The zero-order valence-electron chi connectivity index (χ0n) is 4.41. The Kier molecular flexibility index (Phi) is 1.48. The highest BCUT2D eigenvalue weighted by molar-refractivity contribution is 5.70. The molecule has 0 aliphatic carbocycles.